The number of nitrogens with one attached hydrogen (secondary N) is 1. The van der Waals surface area contributed by atoms with E-state index in [-0.39, 0.29) is 11.9 Å². The number of amides is 3. The Balaban J connectivity index is 2.17. The van der Waals surface area contributed by atoms with Crippen LogP contribution in [0, 0.1) is 0 Å². The first kappa shape index (κ1) is 15.0. The third-order valence-electron chi connectivity index (χ3n) is 3.55. The van der Waals surface area contributed by atoms with E-state index in [4.69, 9.17) is 5.73 Å². The molecule has 0 aliphatic rings. The van der Waals surface area contributed by atoms with Gasteiger partial charge in [-0.2, -0.15) is 0 Å². The predicted molar refractivity (Wildman–Crippen MR) is 81.5 cm³/mol. The van der Waals surface area contributed by atoms with Crippen LogP contribution in [0.1, 0.15) is 25.5 Å². The van der Waals surface area contributed by atoms with E-state index in [1.807, 2.05) is 30.4 Å². The Morgan fingerprint density at radius 3 is 2.48 bits per heavy atom. The lowest BCUT2D eigenvalue weighted by Crippen LogP contribution is -2.92. The Hall–Kier alpha value is -2.40. The number of carbonyl (C=O) groups is 2. The number of quaternary nitrogens is 1. The van der Waals surface area contributed by atoms with Crippen molar-refractivity contribution in [2.75, 3.05) is 0 Å². The molecule has 0 bridgehead atoms. The van der Waals surface area contributed by atoms with Gasteiger partial charge in [0.25, 0.3) is 5.91 Å². The van der Waals surface area contributed by atoms with Crippen LogP contribution in [-0.2, 0) is 4.79 Å². The molecular weight excluding hydrogens is 266 g/mol. The number of rotatable bonds is 4. The van der Waals surface area contributed by atoms with Crippen LogP contribution in [0.15, 0.2) is 42.5 Å². The molecule has 0 radical (unpaired) electrons. The molecule has 0 spiro atoms. The van der Waals surface area contributed by atoms with E-state index in [0.29, 0.717) is 0 Å². The fraction of sp³-hybridized carbons (Fsp3) is 0.250. The van der Waals surface area contributed by atoms with Gasteiger partial charge in [-0.15, -0.1) is 0 Å². The molecule has 0 fully saturated rings. The third kappa shape index (κ3) is 3.58. The van der Waals surface area contributed by atoms with Crippen molar-refractivity contribution in [2.24, 2.45) is 5.73 Å². The third-order valence-corrected chi connectivity index (χ3v) is 3.55. The van der Waals surface area contributed by atoms with Gasteiger partial charge in [-0.1, -0.05) is 42.5 Å². The van der Waals surface area contributed by atoms with Crippen LogP contribution in [0.3, 0.4) is 0 Å². The van der Waals surface area contributed by atoms with Gasteiger partial charge in [0.05, 0.1) is 0 Å². The zero-order chi connectivity index (χ0) is 15.4. The SMILES string of the molecule is C[C@@H]([NH2+][C@H](C)c1cccc2ccccc12)C(=O)NC(N)=O. The summed E-state index contributed by atoms with van der Waals surface area (Å²) in [6, 6.07) is 13.1. The monoisotopic (exact) mass is 286 g/mol. The number of benzene rings is 2. The lowest BCUT2D eigenvalue weighted by atomic mass is 9.99. The first-order valence-electron chi connectivity index (χ1n) is 6.92. The molecule has 5 N–H and O–H groups in total. The molecule has 3 amide bonds. The van der Waals surface area contributed by atoms with E-state index >= 15 is 0 Å². The molecule has 0 heterocycles. The van der Waals surface area contributed by atoms with Crippen LogP contribution in [0.2, 0.25) is 0 Å². The molecule has 5 heteroatoms. The van der Waals surface area contributed by atoms with Gasteiger partial charge in [0.2, 0.25) is 0 Å². The summed E-state index contributed by atoms with van der Waals surface area (Å²) in [4.78, 5) is 22.5. The van der Waals surface area contributed by atoms with Gasteiger partial charge in [-0.05, 0) is 24.6 Å². The van der Waals surface area contributed by atoms with Crippen LogP contribution in [0.4, 0.5) is 4.79 Å². The molecule has 2 aromatic carbocycles. The van der Waals surface area contributed by atoms with Gasteiger partial charge in [-0.3, -0.25) is 10.1 Å². The fourth-order valence-corrected chi connectivity index (χ4v) is 2.51. The molecule has 21 heavy (non-hydrogen) atoms. The van der Waals surface area contributed by atoms with Crippen LogP contribution in [-0.4, -0.2) is 18.0 Å². The van der Waals surface area contributed by atoms with Crippen molar-refractivity contribution in [3.05, 3.63) is 48.0 Å². The smallest absolute Gasteiger partial charge is 0.319 e. The summed E-state index contributed by atoms with van der Waals surface area (Å²) in [7, 11) is 0. The standard InChI is InChI=1S/C16H19N3O2/c1-10(18-11(2)15(20)19-16(17)21)13-9-5-7-12-6-3-4-8-14(12)13/h3-11,18H,1-2H3,(H3,17,19,20,21)/p+1/t10-,11-/m1/s1. The predicted octanol–water partition coefficient (Wildman–Crippen LogP) is 1.05. The normalized spacial score (nSPS) is 13.6. The largest absolute Gasteiger partial charge is 0.351 e. The summed E-state index contributed by atoms with van der Waals surface area (Å²) in [5.41, 5.74) is 6.12. The average Bonchev–Trinajstić information content (AvgIpc) is 2.45. The number of fused-ring (bicyclic) bond motifs is 1. The van der Waals surface area contributed by atoms with E-state index in [1.165, 1.54) is 10.8 Å². The second-order valence-corrected chi connectivity index (χ2v) is 5.19. The molecule has 0 saturated carbocycles. The van der Waals surface area contributed by atoms with E-state index in [0.717, 1.165) is 5.56 Å². The lowest BCUT2D eigenvalue weighted by Gasteiger charge is -2.17. The van der Waals surface area contributed by atoms with E-state index < -0.39 is 12.1 Å². The summed E-state index contributed by atoms with van der Waals surface area (Å²) < 4.78 is 0. The molecule has 0 aromatic heterocycles. The molecular formula is C16H20N3O2+. The molecule has 5 nitrogen and oxygen atoms in total. The second-order valence-electron chi connectivity index (χ2n) is 5.19. The minimum absolute atomic E-state index is 0.0877. The van der Waals surface area contributed by atoms with Crippen molar-refractivity contribution in [3.8, 4) is 0 Å². The van der Waals surface area contributed by atoms with Gasteiger partial charge in [0, 0.05) is 5.56 Å². The van der Waals surface area contributed by atoms with Gasteiger partial charge >= 0.3 is 6.03 Å². The summed E-state index contributed by atoms with van der Waals surface area (Å²) in [6.45, 7) is 3.79. The summed E-state index contributed by atoms with van der Waals surface area (Å²) >= 11 is 0. The molecule has 0 saturated heterocycles. The minimum atomic E-state index is -0.821. The molecule has 0 unspecified atom stereocenters. The van der Waals surface area contributed by atoms with Crippen LogP contribution in [0.25, 0.3) is 10.8 Å². The summed E-state index contributed by atoms with van der Waals surface area (Å²) in [5.74, 6) is -0.380. The fourth-order valence-electron chi connectivity index (χ4n) is 2.51. The van der Waals surface area contributed by atoms with Crippen molar-refractivity contribution in [1.29, 1.82) is 0 Å². The van der Waals surface area contributed by atoms with Crippen LogP contribution >= 0.6 is 0 Å². The van der Waals surface area contributed by atoms with Gasteiger partial charge in [0.1, 0.15) is 6.04 Å². The van der Waals surface area contributed by atoms with Gasteiger partial charge < -0.3 is 11.1 Å². The van der Waals surface area contributed by atoms with Crippen LogP contribution < -0.4 is 16.4 Å². The zero-order valence-electron chi connectivity index (χ0n) is 12.2. The summed E-state index contributed by atoms with van der Waals surface area (Å²) in [5, 5.41) is 6.37. The number of imide groups is 1. The molecule has 2 aromatic rings. The quantitative estimate of drug-likeness (QED) is 0.784. The topological polar surface area (TPSA) is 88.8 Å². The molecule has 2 atom stereocenters. The highest BCUT2D eigenvalue weighted by atomic mass is 16.2. The second kappa shape index (κ2) is 6.37. The molecule has 2 rings (SSSR count). The zero-order valence-corrected chi connectivity index (χ0v) is 12.2. The van der Waals surface area contributed by atoms with Gasteiger partial charge in [-0.25, -0.2) is 4.79 Å². The number of nitrogens with two attached hydrogens (primary N) is 2. The van der Waals surface area contributed by atoms with E-state index in [2.05, 4.69) is 29.6 Å². The Labute approximate surface area is 123 Å². The van der Waals surface area contributed by atoms with Crippen molar-refractivity contribution < 1.29 is 14.9 Å². The number of hydrogen-bond acceptors (Lipinski definition) is 2. The highest BCUT2D eigenvalue weighted by molar-refractivity contribution is 5.95. The summed E-state index contributed by atoms with van der Waals surface area (Å²) in [6.07, 6.45) is 0. The van der Waals surface area contributed by atoms with Crippen molar-refractivity contribution in [1.82, 2.24) is 5.32 Å². The first-order valence-corrected chi connectivity index (χ1v) is 6.92. The lowest BCUT2D eigenvalue weighted by molar-refractivity contribution is -0.710. The highest BCUT2D eigenvalue weighted by Crippen LogP contribution is 2.22. The minimum Gasteiger partial charge on any atom is -0.351 e. The van der Waals surface area contributed by atoms with E-state index in [1.54, 1.807) is 6.92 Å². The van der Waals surface area contributed by atoms with Gasteiger partial charge in [0.15, 0.2) is 6.04 Å². The van der Waals surface area contributed by atoms with E-state index in [9.17, 15) is 9.59 Å². The molecule has 110 valence electrons. The van der Waals surface area contributed by atoms with Crippen LogP contribution in [0.5, 0.6) is 0 Å². The number of carbonyl (C=O) groups excluding carboxylic acids is 2. The van der Waals surface area contributed by atoms with Crippen molar-refractivity contribution in [3.63, 3.8) is 0 Å². The maximum absolute atomic E-state index is 11.7. The average molecular weight is 286 g/mol. The Bertz CT molecular complexity index is 664. The number of primary amides is 1. The Kier molecular flexibility index (Phi) is 4.55. The highest BCUT2D eigenvalue weighted by Gasteiger charge is 2.22. The van der Waals surface area contributed by atoms with Crippen molar-refractivity contribution >= 4 is 22.7 Å². The van der Waals surface area contributed by atoms with Crippen molar-refractivity contribution in [2.45, 2.75) is 25.9 Å². The maximum atomic E-state index is 11.7. The first-order chi connectivity index (χ1) is 9.99. The number of urea groups is 1. The Morgan fingerprint density at radius 2 is 1.76 bits per heavy atom. The molecule has 0 aliphatic heterocycles. The number of hydrogen-bond donors (Lipinski definition) is 3. The Morgan fingerprint density at radius 1 is 1.10 bits per heavy atom. The molecule has 0 aliphatic carbocycles. The maximum Gasteiger partial charge on any atom is 0.319 e.